The van der Waals surface area contributed by atoms with Crippen molar-refractivity contribution in [3.05, 3.63) is 11.6 Å². The van der Waals surface area contributed by atoms with E-state index in [0.29, 0.717) is 0 Å². The highest BCUT2D eigenvalue weighted by atomic mass is 19.4. The van der Waals surface area contributed by atoms with Crippen LogP contribution in [-0.2, 0) is 14.3 Å². The zero-order valence-electron chi connectivity index (χ0n) is 12.3. The van der Waals surface area contributed by atoms with Crippen LogP contribution in [0.3, 0.4) is 0 Å². The molecule has 1 amide bonds. The summed E-state index contributed by atoms with van der Waals surface area (Å²) in [5, 5.41) is 0. The van der Waals surface area contributed by atoms with E-state index in [1.807, 2.05) is 0 Å². The van der Waals surface area contributed by atoms with Crippen LogP contribution in [0.15, 0.2) is 11.6 Å². The maximum atomic E-state index is 12.8. The Kier molecular flexibility index (Phi) is 4.91. The highest BCUT2D eigenvalue weighted by Crippen LogP contribution is 2.31. The van der Waals surface area contributed by atoms with Crippen LogP contribution in [0.25, 0.3) is 0 Å². The molecule has 0 aromatic rings. The molecule has 0 saturated heterocycles. The van der Waals surface area contributed by atoms with Crippen LogP contribution < -0.4 is 0 Å². The van der Waals surface area contributed by atoms with Crippen molar-refractivity contribution in [1.29, 1.82) is 0 Å². The van der Waals surface area contributed by atoms with Crippen molar-refractivity contribution >= 4 is 12.1 Å². The number of esters is 1. The minimum atomic E-state index is -4.55. The molecule has 0 saturated carbocycles. The second-order valence-electron chi connectivity index (χ2n) is 5.61. The highest BCUT2D eigenvalue weighted by Gasteiger charge is 2.43. The second-order valence-corrected chi connectivity index (χ2v) is 5.61. The number of carbonyl (C=O) groups excluding carboxylic acids is 2. The van der Waals surface area contributed by atoms with Crippen molar-refractivity contribution in [3.63, 3.8) is 0 Å². The second kappa shape index (κ2) is 5.95. The number of ether oxygens (including phenoxy) is 2. The summed E-state index contributed by atoms with van der Waals surface area (Å²) in [7, 11) is 1.11. The molecule has 0 aromatic carbocycles. The average Bonchev–Trinajstić information content (AvgIpc) is 2.34. The lowest BCUT2D eigenvalue weighted by atomic mass is 10.0. The van der Waals surface area contributed by atoms with Crippen LogP contribution in [0, 0.1) is 0 Å². The van der Waals surface area contributed by atoms with Gasteiger partial charge in [0.25, 0.3) is 0 Å². The molecule has 0 spiro atoms. The van der Waals surface area contributed by atoms with Gasteiger partial charge in [0.2, 0.25) is 0 Å². The Bertz CT molecular complexity index is 451. The number of halogens is 3. The Hall–Kier alpha value is -1.73. The van der Waals surface area contributed by atoms with Crippen molar-refractivity contribution in [2.24, 2.45) is 0 Å². The quantitative estimate of drug-likeness (QED) is 0.552. The van der Waals surface area contributed by atoms with Gasteiger partial charge in [0.15, 0.2) is 0 Å². The summed E-state index contributed by atoms with van der Waals surface area (Å²) in [6.45, 7) is 4.02. The number of hydrogen-bond donors (Lipinski definition) is 0. The summed E-state index contributed by atoms with van der Waals surface area (Å²) in [6, 6.07) is -1.11. The van der Waals surface area contributed by atoms with E-state index in [2.05, 4.69) is 4.74 Å². The Balaban J connectivity index is 3.02. The molecular weight excluding hydrogens is 291 g/mol. The van der Waals surface area contributed by atoms with Crippen molar-refractivity contribution in [3.8, 4) is 0 Å². The van der Waals surface area contributed by atoms with Gasteiger partial charge in [-0.1, -0.05) is 6.08 Å². The molecule has 0 bridgehead atoms. The number of amides is 1. The van der Waals surface area contributed by atoms with Crippen LogP contribution >= 0.6 is 0 Å². The van der Waals surface area contributed by atoms with Crippen molar-refractivity contribution in [2.45, 2.75) is 45.0 Å². The van der Waals surface area contributed by atoms with E-state index in [-0.39, 0.29) is 6.42 Å². The number of nitrogens with zero attached hydrogens (tertiary/aromatic N) is 1. The van der Waals surface area contributed by atoms with Gasteiger partial charge < -0.3 is 9.47 Å². The fraction of sp³-hybridized carbons (Fsp3) is 0.692. The lowest BCUT2D eigenvalue weighted by molar-refractivity contribution is -0.148. The summed E-state index contributed by atoms with van der Waals surface area (Å²) in [5.41, 5.74) is -1.76. The van der Waals surface area contributed by atoms with E-state index in [1.165, 1.54) is 0 Å². The topological polar surface area (TPSA) is 55.8 Å². The van der Waals surface area contributed by atoms with Gasteiger partial charge >= 0.3 is 18.2 Å². The van der Waals surface area contributed by atoms with E-state index < -0.39 is 42.0 Å². The predicted octanol–water partition coefficient (Wildman–Crippen LogP) is 2.66. The van der Waals surface area contributed by atoms with Gasteiger partial charge in [0.05, 0.1) is 13.7 Å². The highest BCUT2D eigenvalue weighted by molar-refractivity contribution is 5.82. The number of hydrogen-bond acceptors (Lipinski definition) is 4. The molecule has 1 unspecified atom stereocenters. The van der Waals surface area contributed by atoms with Gasteiger partial charge in [-0.3, -0.25) is 4.90 Å². The Labute approximate surface area is 120 Å². The monoisotopic (exact) mass is 309 g/mol. The summed E-state index contributed by atoms with van der Waals surface area (Å²) >= 11 is 0. The standard InChI is InChI=1S/C13H18F3NO4/c1-12(2,3)21-11(19)17-7-8(13(14,15)16)5-6-9(17)10(18)20-4/h5,9H,6-7H2,1-4H3. The molecule has 1 heterocycles. The molecule has 1 aliphatic heterocycles. The van der Waals surface area contributed by atoms with Crippen LogP contribution in [0.4, 0.5) is 18.0 Å². The summed E-state index contributed by atoms with van der Waals surface area (Å²) in [5.74, 6) is -0.779. The first kappa shape index (κ1) is 17.3. The first-order valence-corrected chi connectivity index (χ1v) is 6.29. The molecule has 0 N–H and O–H groups in total. The van der Waals surface area contributed by atoms with Crippen LogP contribution in [0.2, 0.25) is 0 Å². The van der Waals surface area contributed by atoms with E-state index >= 15 is 0 Å². The van der Waals surface area contributed by atoms with Gasteiger partial charge in [-0.05, 0) is 27.2 Å². The fourth-order valence-corrected chi connectivity index (χ4v) is 1.82. The van der Waals surface area contributed by atoms with E-state index in [0.717, 1.165) is 18.1 Å². The first-order valence-electron chi connectivity index (χ1n) is 6.29. The zero-order chi connectivity index (χ0) is 16.4. The third-order valence-electron chi connectivity index (χ3n) is 2.77. The molecule has 1 aliphatic rings. The largest absolute Gasteiger partial charge is 0.467 e. The third-order valence-corrected chi connectivity index (χ3v) is 2.77. The van der Waals surface area contributed by atoms with Gasteiger partial charge in [0.1, 0.15) is 11.6 Å². The third kappa shape index (κ3) is 4.64. The molecule has 8 heteroatoms. The molecule has 0 aromatic heterocycles. The molecular formula is C13H18F3NO4. The lowest BCUT2D eigenvalue weighted by Crippen LogP contribution is -2.51. The smallest absolute Gasteiger partial charge is 0.414 e. The molecule has 0 aliphatic carbocycles. The summed E-state index contributed by atoms with van der Waals surface area (Å²) in [6.07, 6.45) is -4.89. The number of alkyl halides is 3. The van der Waals surface area contributed by atoms with Gasteiger partial charge in [-0.15, -0.1) is 0 Å². The summed E-state index contributed by atoms with van der Waals surface area (Å²) < 4.78 is 47.9. The maximum Gasteiger partial charge on any atom is 0.414 e. The first-order chi connectivity index (χ1) is 9.45. The van der Waals surface area contributed by atoms with Crippen LogP contribution in [-0.4, -0.2) is 48.4 Å². The van der Waals surface area contributed by atoms with Crippen LogP contribution in [0.5, 0.6) is 0 Å². The SMILES string of the molecule is COC(=O)C1CC=C(C(F)(F)F)CN1C(=O)OC(C)(C)C. The molecule has 5 nitrogen and oxygen atoms in total. The van der Waals surface area contributed by atoms with E-state index in [9.17, 15) is 22.8 Å². The molecule has 21 heavy (non-hydrogen) atoms. The van der Waals surface area contributed by atoms with Crippen molar-refractivity contribution in [1.82, 2.24) is 4.90 Å². The zero-order valence-corrected chi connectivity index (χ0v) is 12.3. The average molecular weight is 309 g/mol. The Morgan fingerprint density at radius 2 is 1.86 bits per heavy atom. The summed E-state index contributed by atoms with van der Waals surface area (Å²) in [4.78, 5) is 24.4. The number of methoxy groups -OCH3 is 1. The van der Waals surface area contributed by atoms with Crippen molar-refractivity contribution < 1.29 is 32.2 Å². The molecule has 1 rings (SSSR count). The van der Waals surface area contributed by atoms with Gasteiger partial charge in [-0.25, -0.2) is 9.59 Å². The minimum absolute atomic E-state index is 0.263. The molecule has 0 radical (unpaired) electrons. The number of carbonyl (C=O) groups is 2. The normalized spacial score (nSPS) is 19.9. The Morgan fingerprint density at radius 3 is 2.29 bits per heavy atom. The maximum absolute atomic E-state index is 12.8. The number of rotatable bonds is 1. The molecule has 1 atom stereocenters. The lowest BCUT2D eigenvalue weighted by Gasteiger charge is -2.35. The van der Waals surface area contributed by atoms with E-state index in [1.54, 1.807) is 20.8 Å². The molecule has 0 fully saturated rings. The van der Waals surface area contributed by atoms with Crippen molar-refractivity contribution in [2.75, 3.05) is 13.7 Å². The van der Waals surface area contributed by atoms with Gasteiger partial charge in [0, 0.05) is 5.57 Å². The molecule has 120 valence electrons. The fourth-order valence-electron chi connectivity index (χ4n) is 1.82. The predicted molar refractivity (Wildman–Crippen MR) is 67.5 cm³/mol. The Morgan fingerprint density at radius 1 is 1.29 bits per heavy atom. The van der Waals surface area contributed by atoms with E-state index in [4.69, 9.17) is 4.74 Å². The van der Waals surface area contributed by atoms with Crippen LogP contribution in [0.1, 0.15) is 27.2 Å². The van der Waals surface area contributed by atoms with Gasteiger partial charge in [-0.2, -0.15) is 13.2 Å². The minimum Gasteiger partial charge on any atom is -0.467 e.